The Morgan fingerprint density at radius 1 is 1.07 bits per heavy atom. The van der Waals surface area contributed by atoms with E-state index in [0.717, 1.165) is 16.9 Å². The van der Waals surface area contributed by atoms with Crippen molar-refractivity contribution >= 4 is 40.3 Å². The average Bonchev–Trinajstić information content (AvgIpc) is 3.74. The first-order valence-electron chi connectivity index (χ1n) is 12.6. The molecule has 1 aromatic carbocycles. The highest BCUT2D eigenvalue weighted by Gasteiger charge is 2.53. The number of nitrogens with one attached hydrogen (secondary N) is 3. The number of carbonyl (C=O) groups excluding carboxylic acids is 1. The van der Waals surface area contributed by atoms with E-state index in [4.69, 9.17) is 14.2 Å². The Labute approximate surface area is 231 Å². The molecule has 5 heterocycles. The molecule has 2 saturated heterocycles. The Bertz CT molecular complexity index is 1510. The van der Waals surface area contributed by atoms with Crippen LogP contribution in [0.5, 0.6) is 0 Å². The van der Waals surface area contributed by atoms with Gasteiger partial charge in [-0.05, 0) is 6.92 Å². The highest BCUT2D eigenvalue weighted by molar-refractivity contribution is 7.11. The van der Waals surface area contributed by atoms with E-state index in [1.807, 2.05) is 37.3 Å². The SMILES string of the molecule is CCNC(=O)Nc1ncnc2c1ncn2C1OC(CNCc2ncsc2C(=O)O)C2O[C@H](c3ccccc3)OC21. The molecular formula is C25H26N8O6S. The van der Waals surface area contributed by atoms with Gasteiger partial charge in [0, 0.05) is 25.2 Å². The van der Waals surface area contributed by atoms with Gasteiger partial charge < -0.3 is 30.0 Å². The fourth-order valence-electron chi connectivity index (χ4n) is 4.83. The summed E-state index contributed by atoms with van der Waals surface area (Å²) in [6.45, 7) is 2.89. The maximum atomic E-state index is 12.1. The third-order valence-electron chi connectivity index (χ3n) is 6.59. The lowest BCUT2D eigenvalue weighted by atomic mass is 10.1. The van der Waals surface area contributed by atoms with Crippen molar-refractivity contribution in [3.05, 3.63) is 64.6 Å². The van der Waals surface area contributed by atoms with Gasteiger partial charge in [-0.15, -0.1) is 11.3 Å². The molecule has 14 nitrogen and oxygen atoms in total. The second kappa shape index (κ2) is 11.2. The van der Waals surface area contributed by atoms with Gasteiger partial charge in [-0.25, -0.2) is 29.5 Å². The maximum Gasteiger partial charge on any atom is 0.347 e. The zero-order valence-corrected chi connectivity index (χ0v) is 22.1. The summed E-state index contributed by atoms with van der Waals surface area (Å²) in [6.07, 6.45) is 0.302. The predicted molar refractivity (Wildman–Crippen MR) is 142 cm³/mol. The summed E-state index contributed by atoms with van der Waals surface area (Å²) in [7, 11) is 0. The summed E-state index contributed by atoms with van der Waals surface area (Å²) >= 11 is 1.08. The second-order valence-electron chi connectivity index (χ2n) is 9.10. The van der Waals surface area contributed by atoms with Gasteiger partial charge in [-0.1, -0.05) is 30.3 Å². The quantitative estimate of drug-likeness (QED) is 0.234. The Morgan fingerprint density at radius 3 is 2.70 bits per heavy atom. The minimum atomic E-state index is -1.01. The van der Waals surface area contributed by atoms with Crippen LogP contribution in [0.2, 0.25) is 0 Å². The number of imidazole rings is 1. The van der Waals surface area contributed by atoms with E-state index in [0.29, 0.717) is 29.9 Å². The summed E-state index contributed by atoms with van der Waals surface area (Å²) in [5.41, 5.74) is 3.71. The fraction of sp³-hybridized carbons (Fsp3) is 0.360. The number of benzene rings is 1. The van der Waals surface area contributed by atoms with E-state index >= 15 is 0 Å². The van der Waals surface area contributed by atoms with Gasteiger partial charge >= 0.3 is 12.0 Å². The third-order valence-corrected chi connectivity index (χ3v) is 7.45. The monoisotopic (exact) mass is 566 g/mol. The van der Waals surface area contributed by atoms with Crippen molar-refractivity contribution in [1.82, 2.24) is 35.1 Å². The molecule has 2 aliphatic heterocycles. The summed E-state index contributed by atoms with van der Waals surface area (Å²) in [5, 5.41) is 18.0. The molecule has 6 rings (SSSR count). The van der Waals surface area contributed by atoms with Gasteiger partial charge in [0.2, 0.25) is 0 Å². The van der Waals surface area contributed by atoms with Crippen LogP contribution in [0.15, 0.2) is 48.5 Å². The van der Waals surface area contributed by atoms with Crippen molar-refractivity contribution in [3.63, 3.8) is 0 Å². The highest BCUT2D eigenvalue weighted by atomic mass is 32.1. The number of aromatic carboxylic acids is 1. The van der Waals surface area contributed by atoms with E-state index < -0.39 is 42.8 Å². The number of rotatable bonds is 9. The number of carbonyl (C=O) groups is 2. The number of hydrogen-bond donors (Lipinski definition) is 4. The number of aromatic nitrogens is 5. The van der Waals surface area contributed by atoms with Crippen LogP contribution in [0.1, 0.15) is 40.4 Å². The van der Waals surface area contributed by atoms with E-state index in [1.165, 1.54) is 11.8 Å². The number of ether oxygens (including phenoxy) is 3. The Balaban J connectivity index is 1.25. The van der Waals surface area contributed by atoms with Crippen LogP contribution in [-0.4, -0.2) is 73.0 Å². The van der Waals surface area contributed by atoms with Gasteiger partial charge in [0.05, 0.1) is 17.5 Å². The zero-order chi connectivity index (χ0) is 27.6. The summed E-state index contributed by atoms with van der Waals surface area (Å²) in [6, 6.07) is 9.23. The van der Waals surface area contributed by atoms with Gasteiger partial charge in [-0.2, -0.15) is 0 Å². The first-order chi connectivity index (χ1) is 19.5. The number of fused-ring (bicyclic) bond motifs is 2. The number of thiazole rings is 1. The van der Waals surface area contributed by atoms with Gasteiger partial charge in [0.15, 0.2) is 29.5 Å². The van der Waals surface area contributed by atoms with Crippen LogP contribution >= 0.6 is 11.3 Å². The summed E-state index contributed by atoms with van der Waals surface area (Å²) in [5.74, 6) is -0.740. The van der Waals surface area contributed by atoms with Crippen molar-refractivity contribution in [2.45, 2.75) is 44.3 Å². The molecule has 3 aromatic heterocycles. The van der Waals surface area contributed by atoms with Crippen molar-refractivity contribution in [2.24, 2.45) is 0 Å². The minimum absolute atomic E-state index is 0.196. The van der Waals surface area contributed by atoms with E-state index in [1.54, 1.807) is 10.9 Å². The molecule has 208 valence electrons. The molecule has 0 spiro atoms. The van der Waals surface area contributed by atoms with Crippen LogP contribution in [0.3, 0.4) is 0 Å². The maximum absolute atomic E-state index is 12.1. The van der Waals surface area contributed by atoms with E-state index in [2.05, 4.69) is 35.9 Å². The van der Waals surface area contributed by atoms with Crippen LogP contribution in [0.4, 0.5) is 10.6 Å². The van der Waals surface area contributed by atoms with Gasteiger partial charge in [0.25, 0.3) is 0 Å². The zero-order valence-electron chi connectivity index (χ0n) is 21.3. The molecule has 2 amide bonds. The fourth-order valence-corrected chi connectivity index (χ4v) is 5.48. The number of amides is 2. The predicted octanol–water partition coefficient (Wildman–Crippen LogP) is 2.29. The number of carboxylic acids is 1. The van der Waals surface area contributed by atoms with Crippen LogP contribution < -0.4 is 16.0 Å². The summed E-state index contributed by atoms with van der Waals surface area (Å²) < 4.78 is 20.9. The van der Waals surface area contributed by atoms with Gasteiger partial charge in [0.1, 0.15) is 29.5 Å². The molecule has 4 aromatic rings. The molecule has 5 atom stereocenters. The molecule has 15 heteroatoms. The topological polar surface area (TPSA) is 175 Å². The largest absolute Gasteiger partial charge is 0.477 e. The number of carboxylic acid groups (broad SMARTS) is 1. The highest BCUT2D eigenvalue weighted by Crippen LogP contribution is 2.44. The molecule has 2 aliphatic rings. The first kappa shape index (κ1) is 26.2. The molecular weight excluding hydrogens is 540 g/mol. The number of urea groups is 1. The molecule has 40 heavy (non-hydrogen) atoms. The van der Waals surface area contributed by atoms with Crippen molar-refractivity contribution in [1.29, 1.82) is 0 Å². The second-order valence-corrected chi connectivity index (χ2v) is 9.96. The van der Waals surface area contributed by atoms with Crippen LogP contribution in [-0.2, 0) is 20.8 Å². The lowest BCUT2D eigenvalue weighted by Crippen LogP contribution is -2.36. The Hall–Kier alpha value is -4.02. The smallest absolute Gasteiger partial charge is 0.347 e. The van der Waals surface area contributed by atoms with Crippen LogP contribution in [0, 0.1) is 0 Å². The molecule has 2 fully saturated rings. The van der Waals surface area contributed by atoms with Crippen LogP contribution in [0.25, 0.3) is 11.2 Å². The Morgan fingerprint density at radius 2 is 1.90 bits per heavy atom. The number of nitrogens with zero attached hydrogens (tertiary/aromatic N) is 5. The molecule has 0 saturated carbocycles. The number of hydrogen-bond acceptors (Lipinski definition) is 11. The van der Waals surface area contributed by atoms with E-state index in [9.17, 15) is 14.7 Å². The lowest BCUT2D eigenvalue weighted by molar-refractivity contribution is -0.146. The van der Waals surface area contributed by atoms with Gasteiger partial charge in [-0.3, -0.25) is 9.88 Å². The standard InChI is InChI=1S/C25H26N8O6S/c1-2-27-25(36)32-20-16-21(29-10-28-20)33(11-30-16)22-18-17(38-24(39-18)13-6-4-3-5-7-13)15(37-22)9-26-8-14-19(23(34)35)40-12-31-14/h3-7,10-12,15,17-18,22,24,26H,2,8-9H2,1H3,(H,34,35)(H2,27,28,29,32,36)/t15?,17?,18?,22?,24-/m0/s1. The minimum Gasteiger partial charge on any atom is -0.477 e. The van der Waals surface area contributed by atoms with Crippen molar-refractivity contribution < 1.29 is 28.9 Å². The van der Waals surface area contributed by atoms with E-state index in [-0.39, 0.29) is 17.2 Å². The Kier molecular flexibility index (Phi) is 7.36. The molecule has 0 bridgehead atoms. The first-order valence-corrected chi connectivity index (χ1v) is 13.5. The number of anilines is 1. The molecule has 0 aliphatic carbocycles. The van der Waals surface area contributed by atoms with Crippen molar-refractivity contribution in [3.8, 4) is 0 Å². The lowest BCUT2D eigenvalue weighted by Gasteiger charge is -2.21. The van der Waals surface area contributed by atoms with Crippen molar-refractivity contribution in [2.75, 3.05) is 18.4 Å². The summed E-state index contributed by atoms with van der Waals surface area (Å²) in [4.78, 5) is 41.0. The normalized spacial score (nSPS) is 23.8. The molecule has 4 N–H and O–H groups in total. The third kappa shape index (κ3) is 5.00. The average molecular weight is 567 g/mol. The molecule has 0 radical (unpaired) electrons. The molecule has 4 unspecified atom stereocenters.